The van der Waals surface area contributed by atoms with Crippen molar-refractivity contribution in [3.05, 3.63) is 65.7 Å². The fourth-order valence-electron chi connectivity index (χ4n) is 2.15. The Hall–Kier alpha value is -3.02. The lowest BCUT2D eigenvalue weighted by molar-refractivity contribution is 0.0697. The SMILES string of the molecule is O=C(O)c1ccc(NC(=S)Nc2ccc(S(=O)(=O)Nc3nccs3)cc2)cc1. The highest BCUT2D eigenvalue weighted by Gasteiger charge is 2.15. The molecule has 0 bridgehead atoms. The first-order chi connectivity index (χ1) is 13.3. The molecule has 0 saturated heterocycles. The molecule has 0 fully saturated rings. The molecule has 2 aromatic carbocycles. The largest absolute Gasteiger partial charge is 0.478 e. The number of aromatic nitrogens is 1. The first-order valence-electron chi connectivity index (χ1n) is 7.77. The molecule has 0 unspecified atom stereocenters. The molecule has 0 amide bonds. The zero-order valence-electron chi connectivity index (χ0n) is 14.1. The van der Waals surface area contributed by atoms with Crippen molar-refractivity contribution in [2.75, 3.05) is 15.4 Å². The van der Waals surface area contributed by atoms with Crippen molar-refractivity contribution < 1.29 is 18.3 Å². The summed E-state index contributed by atoms with van der Waals surface area (Å²) in [5, 5.41) is 17.0. The Balaban J connectivity index is 1.62. The van der Waals surface area contributed by atoms with Gasteiger partial charge in [0.25, 0.3) is 10.0 Å². The second kappa shape index (κ2) is 8.33. The van der Waals surface area contributed by atoms with E-state index < -0.39 is 16.0 Å². The van der Waals surface area contributed by atoms with Crippen molar-refractivity contribution in [3.63, 3.8) is 0 Å². The summed E-state index contributed by atoms with van der Waals surface area (Å²) >= 11 is 6.40. The predicted octanol–water partition coefficient (Wildman–Crippen LogP) is 3.45. The van der Waals surface area contributed by atoms with Crippen LogP contribution in [0.5, 0.6) is 0 Å². The second-order valence-electron chi connectivity index (χ2n) is 5.43. The van der Waals surface area contributed by atoms with Gasteiger partial charge >= 0.3 is 5.97 Å². The number of nitrogens with one attached hydrogen (secondary N) is 3. The summed E-state index contributed by atoms with van der Waals surface area (Å²) in [7, 11) is -3.71. The number of thiocarbonyl (C=S) groups is 1. The minimum absolute atomic E-state index is 0.0939. The number of benzene rings is 2. The third-order valence-electron chi connectivity index (χ3n) is 3.47. The number of aromatic carboxylic acids is 1. The summed E-state index contributed by atoms with van der Waals surface area (Å²) in [5.74, 6) is -1.01. The first kappa shape index (κ1) is 19.7. The molecular weight excluding hydrogens is 420 g/mol. The van der Waals surface area contributed by atoms with Gasteiger partial charge in [-0.05, 0) is 60.7 Å². The fraction of sp³-hybridized carbons (Fsp3) is 0. The van der Waals surface area contributed by atoms with Crippen LogP contribution in [0.3, 0.4) is 0 Å². The van der Waals surface area contributed by atoms with E-state index in [1.807, 2.05) is 0 Å². The highest BCUT2D eigenvalue weighted by Crippen LogP contribution is 2.20. The molecule has 0 spiro atoms. The number of carbonyl (C=O) groups is 1. The van der Waals surface area contributed by atoms with Crippen LogP contribution in [0.4, 0.5) is 16.5 Å². The van der Waals surface area contributed by atoms with Crippen LogP contribution in [0.25, 0.3) is 0 Å². The molecule has 1 heterocycles. The van der Waals surface area contributed by atoms with Gasteiger partial charge in [-0.1, -0.05) is 0 Å². The van der Waals surface area contributed by atoms with Gasteiger partial charge in [0, 0.05) is 23.0 Å². The number of hydrogen-bond donors (Lipinski definition) is 4. The van der Waals surface area contributed by atoms with Crippen LogP contribution in [-0.4, -0.2) is 29.6 Å². The summed E-state index contributed by atoms with van der Waals surface area (Å²) in [6.45, 7) is 0. The quantitative estimate of drug-likeness (QED) is 0.436. The van der Waals surface area contributed by atoms with Crippen molar-refractivity contribution in [3.8, 4) is 0 Å². The summed E-state index contributed by atoms with van der Waals surface area (Å²) in [6.07, 6.45) is 1.51. The summed E-state index contributed by atoms with van der Waals surface area (Å²) < 4.78 is 27.0. The van der Waals surface area contributed by atoms with Crippen molar-refractivity contribution in [2.45, 2.75) is 4.90 Å². The number of thiazole rings is 1. The van der Waals surface area contributed by atoms with Gasteiger partial charge in [-0.15, -0.1) is 11.3 Å². The molecule has 1 aromatic heterocycles. The smallest absolute Gasteiger partial charge is 0.335 e. The lowest BCUT2D eigenvalue weighted by Crippen LogP contribution is -2.19. The van der Waals surface area contributed by atoms with Gasteiger partial charge in [0.05, 0.1) is 10.5 Å². The van der Waals surface area contributed by atoms with Gasteiger partial charge < -0.3 is 15.7 Å². The summed E-state index contributed by atoms with van der Waals surface area (Å²) in [4.78, 5) is 14.8. The maximum absolute atomic E-state index is 12.3. The lowest BCUT2D eigenvalue weighted by atomic mass is 10.2. The van der Waals surface area contributed by atoms with E-state index in [0.29, 0.717) is 16.5 Å². The van der Waals surface area contributed by atoms with Crippen molar-refractivity contribution in [1.29, 1.82) is 0 Å². The minimum Gasteiger partial charge on any atom is -0.478 e. The van der Waals surface area contributed by atoms with E-state index in [1.54, 1.807) is 29.6 Å². The Labute approximate surface area is 170 Å². The Bertz CT molecular complexity index is 1080. The molecule has 11 heteroatoms. The van der Waals surface area contributed by atoms with Gasteiger partial charge in [-0.3, -0.25) is 4.72 Å². The van der Waals surface area contributed by atoms with Gasteiger partial charge in [0.2, 0.25) is 0 Å². The molecule has 3 rings (SSSR count). The van der Waals surface area contributed by atoms with Crippen molar-refractivity contribution >= 4 is 61.2 Å². The van der Waals surface area contributed by atoms with Crippen LogP contribution in [0, 0.1) is 0 Å². The standard InChI is InChI=1S/C17H14N4O4S3/c22-15(23)11-1-3-12(4-2-11)19-16(26)20-13-5-7-14(8-6-13)28(24,25)21-17-18-9-10-27-17/h1-10H,(H,18,21)(H,22,23)(H2,19,20,26). The number of anilines is 3. The Morgan fingerprint density at radius 3 is 2.07 bits per heavy atom. The zero-order chi connectivity index (χ0) is 20.1. The molecule has 4 N–H and O–H groups in total. The predicted molar refractivity (Wildman–Crippen MR) is 113 cm³/mol. The summed E-state index contributed by atoms with van der Waals surface area (Å²) in [6, 6.07) is 12.2. The van der Waals surface area contributed by atoms with E-state index in [0.717, 1.165) is 0 Å². The zero-order valence-corrected chi connectivity index (χ0v) is 16.6. The van der Waals surface area contributed by atoms with E-state index in [4.69, 9.17) is 17.3 Å². The molecule has 0 saturated carbocycles. The molecule has 0 aliphatic carbocycles. The Kier molecular flexibility index (Phi) is 5.87. The average Bonchev–Trinajstić information content (AvgIpc) is 3.15. The fourth-order valence-corrected chi connectivity index (χ4v) is 4.18. The third kappa shape index (κ3) is 5.03. The van der Waals surface area contributed by atoms with Gasteiger partial charge in [0.15, 0.2) is 10.2 Å². The topological polar surface area (TPSA) is 120 Å². The van der Waals surface area contributed by atoms with Crippen LogP contribution in [-0.2, 0) is 10.0 Å². The number of sulfonamides is 1. The maximum Gasteiger partial charge on any atom is 0.335 e. The van der Waals surface area contributed by atoms with E-state index in [1.165, 1.54) is 41.8 Å². The highest BCUT2D eigenvalue weighted by atomic mass is 32.2. The lowest BCUT2D eigenvalue weighted by Gasteiger charge is -2.11. The van der Waals surface area contributed by atoms with Crippen LogP contribution in [0.1, 0.15) is 10.4 Å². The minimum atomic E-state index is -3.71. The molecular formula is C17H14N4O4S3. The number of rotatable bonds is 6. The number of carboxylic acids is 1. The molecule has 0 atom stereocenters. The number of carboxylic acid groups (broad SMARTS) is 1. The molecule has 28 heavy (non-hydrogen) atoms. The third-order valence-corrected chi connectivity index (χ3v) is 5.84. The van der Waals surface area contributed by atoms with Crippen molar-refractivity contribution in [1.82, 2.24) is 4.98 Å². The monoisotopic (exact) mass is 434 g/mol. The van der Waals surface area contributed by atoms with E-state index in [9.17, 15) is 13.2 Å². The van der Waals surface area contributed by atoms with Gasteiger partial charge in [0.1, 0.15) is 0 Å². The second-order valence-corrected chi connectivity index (χ2v) is 8.41. The Morgan fingerprint density at radius 1 is 1.00 bits per heavy atom. The molecule has 0 aliphatic heterocycles. The molecule has 144 valence electrons. The highest BCUT2D eigenvalue weighted by molar-refractivity contribution is 7.93. The van der Waals surface area contributed by atoms with E-state index in [-0.39, 0.29) is 15.6 Å². The average molecular weight is 435 g/mol. The van der Waals surface area contributed by atoms with E-state index >= 15 is 0 Å². The normalized spacial score (nSPS) is 10.9. The first-order valence-corrected chi connectivity index (χ1v) is 10.5. The van der Waals surface area contributed by atoms with Crippen LogP contribution >= 0.6 is 23.6 Å². The van der Waals surface area contributed by atoms with Gasteiger partial charge in [-0.25, -0.2) is 18.2 Å². The molecule has 3 aromatic rings. The summed E-state index contributed by atoms with van der Waals surface area (Å²) in [5.41, 5.74) is 1.38. The molecule has 0 radical (unpaired) electrons. The van der Waals surface area contributed by atoms with Gasteiger partial charge in [-0.2, -0.15) is 0 Å². The maximum atomic E-state index is 12.3. The van der Waals surface area contributed by atoms with Crippen LogP contribution in [0.2, 0.25) is 0 Å². The molecule has 8 nitrogen and oxygen atoms in total. The van der Waals surface area contributed by atoms with Crippen molar-refractivity contribution in [2.24, 2.45) is 0 Å². The number of nitrogens with zero attached hydrogens (tertiary/aromatic N) is 1. The van der Waals surface area contributed by atoms with Crippen LogP contribution < -0.4 is 15.4 Å². The van der Waals surface area contributed by atoms with E-state index in [2.05, 4.69) is 20.3 Å². The molecule has 0 aliphatic rings. The Morgan fingerprint density at radius 2 is 1.57 bits per heavy atom. The van der Waals surface area contributed by atoms with Crippen LogP contribution in [0.15, 0.2) is 65.0 Å². The number of hydrogen-bond acceptors (Lipinski definition) is 6.